The molecule has 0 atom stereocenters. The van der Waals surface area contributed by atoms with E-state index in [9.17, 15) is 0 Å². The quantitative estimate of drug-likeness (QED) is 0.176. The molecule has 2 nitrogen and oxygen atoms in total. The molecule has 0 aliphatic carbocycles. The first kappa shape index (κ1) is 26.6. The lowest BCUT2D eigenvalue weighted by Gasteiger charge is -2.25. The first-order chi connectivity index (χ1) is 21.2. The number of benzene rings is 6. The molecule has 6 aromatic carbocycles. The lowest BCUT2D eigenvalue weighted by molar-refractivity contribution is 0.547. The van der Waals surface area contributed by atoms with Gasteiger partial charge in [0.2, 0.25) is 0 Å². The normalized spacial score (nSPS) is 11.7. The number of anilines is 3. The molecule has 1 aromatic heterocycles. The number of hydrogen-bond donors (Lipinski definition) is 0. The first-order valence-electron chi connectivity index (χ1n) is 14.3. The molecule has 0 N–H and O–H groups in total. The van der Waals surface area contributed by atoms with Crippen molar-refractivity contribution in [2.24, 2.45) is 0 Å². The van der Waals surface area contributed by atoms with Gasteiger partial charge >= 0.3 is 0 Å². The highest BCUT2D eigenvalue weighted by atomic mass is 35.5. The van der Waals surface area contributed by atoms with E-state index < -0.39 is 0 Å². The minimum Gasteiger partial charge on any atom is -0.457 e. The van der Waals surface area contributed by atoms with Crippen LogP contribution in [0.5, 0.6) is 0 Å². The number of fused-ring (bicyclic) bond motifs is 2. The topological polar surface area (TPSA) is 16.4 Å². The van der Waals surface area contributed by atoms with Crippen molar-refractivity contribution in [1.29, 1.82) is 0 Å². The largest absolute Gasteiger partial charge is 0.457 e. The molecule has 7 rings (SSSR count). The first-order valence-corrected chi connectivity index (χ1v) is 14.7. The molecule has 206 valence electrons. The average Bonchev–Trinajstić information content (AvgIpc) is 3.53. The van der Waals surface area contributed by atoms with Crippen LogP contribution in [0.4, 0.5) is 17.1 Å². The molecule has 0 bridgehead atoms. The van der Waals surface area contributed by atoms with Crippen molar-refractivity contribution in [3.8, 4) is 0 Å². The van der Waals surface area contributed by atoms with E-state index in [1.807, 2.05) is 60.7 Å². The smallest absolute Gasteiger partial charge is 0.127 e. The molecule has 43 heavy (non-hydrogen) atoms. The van der Waals surface area contributed by atoms with Gasteiger partial charge in [-0.25, -0.2) is 0 Å². The summed E-state index contributed by atoms with van der Waals surface area (Å²) in [4.78, 5) is 2.26. The Bertz CT molecular complexity index is 1980. The second kappa shape index (κ2) is 11.9. The van der Waals surface area contributed by atoms with Gasteiger partial charge in [-0.3, -0.25) is 0 Å². The Morgan fingerprint density at radius 1 is 0.419 bits per heavy atom. The van der Waals surface area contributed by atoms with E-state index in [4.69, 9.17) is 16.0 Å². The number of hydrogen-bond acceptors (Lipinski definition) is 2. The summed E-state index contributed by atoms with van der Waals surface area (Å²) in [5.74, 6) is 1.59. The molecular weight excluding hydrogens is 546 g/mol. The molecule has 0 radical (unpaired) electrons. The number of nitrogens with zero attached hydrogens (tertiary/aromatic N) is 1. The molecule has 0 unspecified atom stereocenters. The maximum atomic E-state index is 6.78. The predicted molar refractivity (Wildman–Crippen MR) is 184 cm³/mol. The molecule has 0 aliphatic heterocycles. The van der Waals surface area contributed by atoms with Crippen LogP contribution in [0.2, 0.25) is 5.02 Å². The van der Waals surface area contributed by atoms with E-state index in [-0.39, 0.29) is 0 Å². The Morgan fingerprint density at radius 3 is 1.40 bits per heavy atom. The second-order valence-corrected chi connectivity index (χ2v) is 10.7. The summed E-state index contributed by atoms with van der Waals surface area (Å²) in [6.07, 6.45) is 8.23. The molecule has 1 heterocycles. The second-order valence-electron chi connectivity index (χ2n) is 10.3. The van der Waals surface area contributed by atoms with Crippen molar-refractivity contribution in [2.45, 2.75) is 0 Å². The van der Waals surface area contributed by atoms with Crippen LogP contribution in [0.25, 0.3) is 45.8 Å². The summed E-state index contributed by atoms with van der Waals surface area (Å²) in [7, 11) is 0. The van der Waals surface area contributed by atoms with E-state index >= 15 is 0 Å². The fourth-order valence-corrected chi connectivity index (χ4v) is 5.85. The summed E-state index contributed by atoms with van der Waals surface area (Å²) in [6, 6.07) is 49.9. The fourth-order valence-electron chi connectivity index (χ4n) is 5.52. The van der Waals surface area contributed by atoms with Gasteiger partial charge in [0, 0.05) is 27.8 Å². The zero-order valence-electron chi connectivity index (χ0n) is 23.4. The van der Waals surface area contributed by atoms with Crippen LogP contribution in [0.15, 0.2) is 150 Å². The van der Waals surface area contributed by atoms with Gasteiger partial charge in [-0.1, -0.05) is 121 Å². The van der Waals surface area contributed by atoms with Crippen molar-refractivity contribution >= 4 is 74.5 Å². The predicted octanol–water partition coefficient (Wildman–Crippen LogP) is 12.0. The molecule has 0 saturated carbocycles. The van der Waals surface area contributed by atoms with Gasteiger partial charge in [0.05, 0.1) is 5.02 Å². The van der Waals surface area contributed by atoms with Crippen molar-refractivity contribution in [3.05, 3.63) is 173 Å². The van der Waals surface area contributed by atoms with Crippen LogP contribution in [-0.4, -0.2) is 0 Å². The van der Waals surface area contributed by atoms with Crippen molar-refractivity contribution in [2.75, 3.05) is 4.90 Å². The number of halogens is 1. The minimum absolute atomic E-state index is 0.787. The van der Waals surface area contributed by atoms with Gasteiger partial charge in [0.1, 0.15) is 11.5 Å². The van der Waals surface area contributed by atoms with Gasteiger partial charge in [-0.05, 0) is 82.6 Å². The summed E-state index contributed by atoms with van der Waals surface area (Å²) < 4.78 is 6.14. The van der Waals surface area contributed by atoms with Crippen molar-refractivity contribution in [1.82, 2.24) is 0 Å². The Hall–Kier alpha value is -5.31. The van der Waals surface area contributed by atoms with Gasteiger partial charge in [-0.2, -0.15) is 0 Å². The molecule has 0 saturated heterocycles. The van der Waals surface area contributed by atoms with E-state index in [2.05, 4.69) is 114 Å². The van der Waals surface area contributed by atoms with Crippen LogP contribution < -0.4 is 4.90 Å². The van der Waals surface area contributed by atoms with Crippen LogP contribution in [0, 0.1) is 0 Å². The molecule has 0 spiro atoms. The highest BCUT2D eigenvalue weighted by Crippen LogP contribution is 2.37. The standard InChI is InChI=1S/C40H28ClNO/c41-40-38-17-9-7-15-35(38)37(36-16-8-10-18-39(36)40)28-27-34-26-25-33(43-34)24-21-29-19-22-32(23-20-29)42(30-11-3-1-4-12-30)31-13-5-2-6-14-31/h1-28H. The van der Waals surface area contributed by atoms with Gasteiger partial charge in [0.15, 0.2) is 0 Å². The molecule has 0 amide bonds. The van der Waals surface area contributed by atoms with Crippen LogP contribution >= 0.6 is 11.6 Å². The zero-order valence-corrected chi connectivity index (χ0v) is 24.2. The summed E-state index contributed by atoms with van der Waals surface area (Å²) in [5.41, 5.74) is 5.56. The third-order valence-electron chi connectivity index (χ3n) is 7.59. The van der Waals surface area contributed by atoms with Crippen LogP contribution in [-0.2, 0) is 0 Å². The lowest BCUT2D eigenvalue weighted by atomic mass is 9.96. The SMILES string of the molecule is Clc1c2ccccc2c(C=Cc2ccc(C=Cc3ccc(N(c4ccccc4)c4ccccc4)cc3)o2)c2ccccc12. The number of para-hydroxylation sites is 2. The monoisotopic (exact) mass is 573 g/mol. The van der Waals surface area contributed by atoms with Gasteiger partial charge in [-0.15, -0.1) is 0 Å². The Labute approximate surface area is 256 Å². The third kappa shape index (κ3) is 5.49. The van der Waals surface area contributed by atoms with Gasteiger partial charge < -0.3 is 9.32 Å². The number of furan rings is 1. The van der Waals surface area contributed by atoms with Crippen molar-refractivity contribution < 1.29 is 4.42 Å². The minimum atomic E-state index is 0.787. The molecule has 7 aromatic rings. The average molecular weight is 574 g/mol. The molecule has 3 heteroatoms. The molecular formula is C40H28ClNO. The Morgan fingerprint density at radius 2 is 0.860 bits per heavy atom. The van der Waals surface area contributed by atoms with Gasteiger partial charge in [0.25, 0.3) is 0 Å². The lowest BCUT2D eigenvalue weighted by Crippen LogP contribution is -2.09. The van der Waals surface area contributed by atoms with Crippen LogP contribution in [0.1, 0.15) is 22.6 Å². The fraction of sp³-hybridized carbons (Fsp3) is 0. The van der Waals surface area contributed by atoms with E-state index in [0.29, 0.717) is 0 Å². The Balaban J connectivity index is 1.12. The van der Waals surface area contributed by atoms with E-state index in [0.717, 1.165) is 66.3 Å². The number of rotatable bonds is 7. The molecule has 0 aliphatic rings. The van der Waals surface area contributed by atoms with E-state index in [1.165, 1.54) is 0 Å². The third-order valence-corrected chi connectivity index (χ3v) is 8.00. The molecule has 0 fully saturated rings. The zero-order chi connectivity index (χ0) is 29.0. The maximum Gasteiger partial charge on any atom is 0.127 e. The summed E-state index contributed by atoms with van der Waals surface area (Å²) >= 11 is 6.78. The summed E-state index contributed by atoms with van der Waals surface area (Å²) in [5, 5.41) is 5.13. The maximum absolute atomic E-state index is 6.78. The van der Waals surface area contributed by atoms with Crippen LogP contribution in [0.3, 0.4) is 0 Å². The van der Waals surface area contributed by atoms with E-state index in [1.54, 1.807) is 0 Å². The Kier molecular flexibility index (Phi) is 7.35. The summed E-state index contributed by atoms with van der Waals surface area (Å²) in [6.45, 7) is 0. The highest BCUT2D eigenvalue weighted by Gasteiger charge is 2.12. The highest BCUT2D eigenvalue weighted by molar-refractivity contribution is 6.41. The van der Waals surface area contributed by atoms with Crippen molar-refractivity contribution in [3.63, 3.8) is 0 Å².